The zero-order valence-corrected chi connectivity index (χ0v) is 10.3. The third-order valence-corrected chi connectivity index (χ3v) is 3.33. The molecule has 1 aromatic carbocycles. The molecule has 2 atom stereocenters. The summed E-state index contributed by atoms with van der Waals surface area (Å²) in [6.45, 7) is 2.27. The lowest BCUT2D eigenvalue weighted by Gasteiger charge is -2.27. The van der Waals surface area contributed by atoms with Gasteiger partial charge in [0.25, 0.3) is 0 Å². The van der Waals surface area contributed by atoms with Gasteiger partial charge in [0.05, 0.1) is 6.10 Å². The molecule has 1 aliphatic rings. The monoisotopic (exact) mass is 252 g/mol. The van der Waals surface area contributed by atoms with Crippen molar-refractivity contribution in [2.45, 2.75) is 31.9 Å². The van der Waals surface area contributed by atoms with Crippen LogP contribution in [0.1, 0.15) is 31.4 Å². The number of rotatable bonds is 3. The van der Waals surface area contributed by atoms with Crippen molar-refractivity contribution in [1.29, 1.82) is 0 Å². The summed E-state index contributed by atoms with van der Waals surface area (Å²) < 4.78 is 13.2. The van der Waals surface area contributed by atoms with Crippen LogP contribution in [0.5, 0.6) is 0 Å². The fourth-order valence-corrected chi connectivity index (χ4v) is 2.47. The van der Waals surface area contributed by atoms with Crippen LogP contribution in [0.15, 0.2) is 18.2 Å². The maximum absolute atomic E-state index is 13.2. The normalized spacial score (nSPS) is 21.1. The topological polar surface area (TPSA) is 66.6 Å². The summed E-state index contributed by atoms with van der Waals surface area (Å²) in [6.07, 6.45) is 0.778. The van der Waals surface area contributed by atoms with Crippen molar-refractivity contribution < 1.29 is 14.3 Å². The highest BCUT2D eigenvalue weighted by atomic mass is 19.1. The number of halogens is 1. The van der Waals surface area contributed by atoms with E-state index in [0.717, 1.165) is 6.42 Å². The Morgan fingerprint density at radius 1 is 1.61 bits per heavy atom. The number of hydrogen-bond donors (Lipinski definition) is 2. The third-order valence-electron chi connectivity index (χ3n) is 3.33. The van der Waals surface area contributed by atoms with Crippen LogP contribution >= 0.6 is 0 Å². The van der Waals surface area contributed by atoms with Crippen LogP contribution < -0.4 is 10.6 Å². The maximum Gasteiger partial charge on any atom is 0.240 e. The predicted octanol–water partition coefficient (Wildman–Crippen LogP) is 1.33. The number of anilines is 1. The lowest BCUT2D eigenvalue weighted by Crippen LogP contribution is -2.40. The van der Waals surface area contributed by atoms with Crippen molar-refractivity contribution in [3.8, 4) is 0 Å². The molecule has 1 heterocycles. The van der Waals surface area contributed by atoms with E-state index in [9.17, 15) is 14.3 Å². The molecular weight excluding hydrogens is 235 g/mol. The summed E-state index contributed by atoms with van der Waals surface area (Å²) in [7, 11) is 0. The first-order valence-electron chi connectivity index (χ1n) is 6.04. The summed E-state index contributed by atoms with van der Waals surface area (Å²) in [6, 6.07) is 3.86. The van der Waals surface area contributed by atoms with E-state index < -0.39 is 11.9 Å². The molecule has 5 heteroatoms. The molecule has 1 aliphatic heterocycles. The first-order valence-corrected chi connectivity index (χ1v) is 6.04. The number of nitrogens with two attached hydrogens (primary N) is 1. The SMILES string of the molecule is C[C@@H](O)c1cc(F)ccc1N1CCCC1C(N)=O. The smallest absolute Gasteiger partial charge is 0.240 e. The number of aliphatic hydroxyl groups excluding tert-OH is 1. The Morgan fingerprint density at radius 2 is 2.33 bits per heavy atom. The number of benzene rings is 1. The summed E-state index contributed by atoms with van der Waals surface area (Å²) >= 11 is 0. The van der Waals surface area contributed by atoms with E-state index in [2.05, 4.69) is 0 Å². The Balaban J connectivity index is 2.41. The summed E-state index contributed by atoms with van der Waals surface area (Å²) in [5.41, 5.74) is 6.54. The number of carbonyl (C=O) groups is 1. The van der Waals surface area contributed by atoms with E-state index in [1.54, 1.807) is 13.0 Å². The molecule has 3 N–H and O–H groups in total. The summed E-state index contributed by atoms with van der Waals surface area (Å²) in [4.78, 5) is 13.2. The van der Waals surface area contributed by atoms with Gasteiger partial charge in [-0.1, -0.05) is 0 Å². The van der Waals surface area contributed by atoms with E-state index in [4.69, 9.17) is 5.73 Å². The number of nitrogens with zero attached hydrogens (tertiary/aromatic N) is 1. The summed E-state index contributed by atoms with van der Waals surface area (Å²) in [5.74, 6) is -0.780. The van der Waals surface area contributed by atoms with Gasteiger partial charge in [-0.25, -0.2) is 4.39 Å². The average Bonchev–Trinajstić information content (AvgIpc) is 2.77. The zero-order valence-electron chi connectivity index (χ0n) is 10.3. The minimum absolute atomic E-state index is 0.368. The number of hydrogen-bond acceptors (Lipinski definition) is 3. The van der Waals surface area contributed by atoms with Gasteiger partial charge in [-0.2, -0.15) is 0 Å². The van der Waals surface area contributed by atoms with E-state index in [1.165, 1.54) is 12.1 Å². The van der Waals surface area contributed by atoms with Gasteiger partial charge in [-0.3, -0.25) is 4.79 Å². The van der Waals surface area contributed by atoms with Crippen molar-refractivity contribution in [3.63, 3.8) is 0 Å². The van der Waals surface area contributed by atoms with Crippen LogP contribution in [0, 0.1) is 5.82 Å². The zero-order chi connectivity index (χ0) is 13.3. The fraction of sp³-hybridized carbons (Fsp3) is 0.462. The second-order valence-electron chi connectivity index (χ2n) is 4.63. The molecule has 1 aromatic rings. The minimum Gasteiger partial charge on any atom is -0.389 e. The minimum atomic E-state index is -0.787. The highest BCUT2D eigenvalue weighted by Gasteiger charge is 2.31. The summed E-state index contributed by atoms with van der Waals surface area (Å²) in [5, 5.41) is 9.70. The molecule has 1 fully saturated rings. The molecule has 2 rings (SSSR count). The molecule has 0 aliphatic carbocycles. The average molecular weight is 252 g/mol. The molecule has 1 saturated heterocycles. The molecule has 0 aromatic heterocycles. The Labute approximate surface area is 105 Å². The van der Waals surface area contributed by atoms with Gasteiger partial charge in [-0.05, 0) is 38.0 Å². The second-order valence-corrected chi connectivity index (χ2v) is 4.63. The van der Waals surface area contributed by atoms with Gasteiger partial charge < -0.3 is 15.7 Å². The predicted molar refractivity (Wildman–Crippen MR) is 66.6 cm³/mol. The molecule has 1 amide bonds. The first kappa shape index (κ1) is 12.8. The quantitative estimate of drug-likeness (QED) is 0.853. The maximum atomic E-state index is 13.2. The van der Waals surface area contributed by atoms with Crippen LogP contribution in [0.3, 0.4) is 0 Å². The number of carbonyl (C=O) groups excluding carboxylic acids is 1. The Hall–Kier alpha value is -1.62. The van der Waals surface area contributed by atoms with Gasteiger partial charge in [-0.15, -0.1) is 0 Å². The molecule has 0 saturated carbocycles. The highest BCUT2D eigenvalue weighted by molar-refractivity contribution is 5.84. The number of aliphatic hydroxyl groups is 1. The van der Waals surface area contributed by atoms with Crippen molar-refractivity contribution in [1.82, 2.24) is 0 Å². The molecule has 4 nitrogen and oxygen atoms in total. The highest BCUT2D eigenvalue weighted by Crippen LogP contribution is 2.32. The Morgan fingerprint density at radius 3 is 2.94 bits per heavy atom. The van der Waals surface area contributed by atoms with Gasteiger partial charge in [0.2, 0.25) is 5.91 Å². The molecule has 0 spiro atoms. The van der Waals surface area contributed by atoms with E-state index in [0.29, 0.717) is 24.2 Å². The van der Waals surface area contributed by atoms with Crippen LogP contribution in [0.4, 0.5) is 10.1 Å². The van der Waals surface area contributed by atoms with Crippen molar-refractivity contribution >= 4 is 11.6 Å². The molecule has 98 valence electrons. The lowest BCUT2D eigenvalue weighted by atomic mass is 10.1. The van der Waals surface area contributed by atoms with E-state index in [-0.39, 0.29) is 11.9 Å². The molecule has 18 heavy (non-hydrogen) atoms. The van der Waals surface area contributed by atoms with Crippen LogP contribution in [-0.4, -0.2) is 23.6 Å². The van der Waals surface area contributed by atoms with Crippen molar-refractivity contribution in [2.24, 2.45) is 5.73 Å². The molecular formula is C13H17FN2O2. The van der Waals surface area contributed by atoms with Crippen molar-refractivity contribution in [3.05, 3.63) is 29.6 Å². The van der Waals surface area contributed by atoms with Gasteiger partial charge in [0.15, 0.2) is 0 Å². The Kier molecular flexibility index (Phi) is 3.52. The molecule has 0 bridgehead atoms. The molecule has 1 unspecified atom stereocenters. The van der Waals surface area contributed by atoms with Gasteiger partial charge in [0, 0.05) is 17.8 Å². The fourth-order valence-electron chi connectivity index (χ4n) is 2.47. The Bertz CT molecular complexity index is 462. The lowest BCUT2D eigenvalue weighted by molar-refractivity contribution is -0.119. The standard InChI is InChI=1S/C13H17FN2O2/c1-8(17)10-7-9(14)4-5-11(10)16-6-2-3-12(16)13(15)18/h4-5,7-8,12,17H,2-3,6H2,1H3,(H2,15,18)/t8-,12?/m1/s1. The largest absolute Gasteiger partial charge is 0.389 e. The number of primary amides is 1. The molecule has 0 radical (unpaired) electrons. The third kappa shape index (κ3) is 2.31. The van der Waals surface area contributed by atoms with Crippen LogP contribution in [-0.2, 0) is 4.79 Å². The first-order chi connectivity index (χ1) is 8.50. The van der Waals surface area contributed by atoms with E-state index >= 15 is 0 Å². The number of amides is 1. The second kappa shape index (κ2) is 4.94. The van der Waals surface area contributed by atoms with Crippen LogP contribution in [0.25, 0.3) is 0 Å². The van der Waals surface area contributed by atoms with Gasteiger partial charge >= 0.3 is 0 Å². The van der Waals surface area contributed by atoms with E-state index in [1.807, 2.05) is 4.90 Å². The van der Waals surface area contributed by atoms with Crippen LogP contribution in [0.2, 0.25) is 0 Å². The van der Waals surface area contributed by atoms with Crippen molar-refractivity contribution in [2.75, 3.05) is 11.4 Å². The van der Waals surface area contributed by atoms with Gasteiger partial charge in [0.1, 0.15) is 11.9 Å².